The maximum atomic E-state index is 9.49. The SMILES string of the molecule is N#Cc1ccc(-n2cnc3c(N)nc(N4CCN(c5ccc(O)cc5)CC4)nc32)cn1. The number of phenols is 1. The van der Waals surface area contributed by atoms with Crippen LogP contribution in [0, 0.1) is 11.3 Å². The van der Waals surface area contributed by atoms with Gasteiger partial charge in [0.05, 0.1) is 11.9 Å². The Balaban J connectivity index is 1.41. The average Bonchev–Trinajstić information content (AvgIpc) is 3.24. The third kappa shape index (κ3) is 3.42. The molecule has 1 saturated heterocycles. The minimum absolute atomic E-state index is 0.258. The van der Waals surface area contributed by atoms with Crippen LogP contribution in [0.15, 0.2) is 48.9 Å². The van der Waals surface area contributed by atoms with Crippen LogP contribution in [0.5, 0.6) is 5.75 Å². The molecular weight excluding hydrogens is 394 g/mol. The third-order valence-electron chi connectivity index (χ3n) is 5.33. The van der Waals surface area contributed by atoms with Crippen LogP contribution < -0.4 is 15.5 Å². The van der Waals surface area contributed by atoms with E-state index < -0.39 is 0 Å². The molecule has 0 bridgehead atoms. The standard InChI is InChI=1S/C21H19N9O/c22-11-14-1-2-16(12-24-14)30-13-25-18-19(23)26-21(27-20(18)30)29-9-7-28(8-10-29)15-3-5-17(31)6-4-15/h1-6,12-13,31H,7-10H2,(H2,23,26,27). The Morgan fingerprint density at radius 2 is 1.61 bits per heavy atom. The second-order valence-corrected chi connectivity index (χ2v) is 7.20. The third-order valence-corrected chi connectivity index (χ3v) is 5.33. The van der Waals surface area contributed by atoms with Crippen molar-refractivity contribution in [1.82, 2.24) is 24.5 Å². The van der Waals surface area contributed by atoms with Gasteiger partial charge in [0.1, 0.15) is 23.8 Å². The molecule has 0 aliphatic carbocycles. The molecule has 154 valence electrons. The highest BCUT2D eigenvalue weighted by atomic mass is 16.3. The van der Waals surface area contributed by atoms with E-state index in [2.05, 4.69) is 24.8 Å². The predicted octanol–water partition coefficient (Wildman–Crippen LogP) is 1.70. The number of imidazole rings is 1. The summed E-state index contributed by atoms with van der Waals surface area (Å²) in [7, 11) is 0. The molecule has 1 aromatic carbocycles. The monoisotopic (exact) mass is 413 g/mol. The fourth-order valence-corrected chi connectivity index (χ4v) is 3.66. The molecule has 3 aromatic heterocycles. The summed E-state index contributed by atoms with van der Waals surface area (Å²) in [5, 5.41) is 18.5. The number of nitriles is 1. The molecule has 0 spiro atoms. The van der Waals surface area contributed by atoms with Gasteiger partial charge in [-0.2, -0.15) is 15.2 Å². The number of pyridine rings is 1. The van der Waals surface area contributed by atoms with Gasteiger partial charge in [0.15, 0.2) is 17.0 Å². The van der Waals surface area contributed by atoms with E-state index in [1.165, 1.54) is 0 Å². The summed E-state index contributed by atoms with van der Waals surface area (Å²) in [6.45, 7) is 3.06. The predicted molar refractivity (Wildman–Crippen MR) is 116 cm³/mol. The van der Waals surface area contributed by atoms with Crippen molar-refractivity contribution in [1.29, 1.82) is 5.26 Å². The van der Waals surface area contributed by atoms with Crippen molar-refractivity contribution >= 4 is 28.6 Å². The highest BCUT2D eigenvalue weighted by Crippen LogP contribution is 2.25. The number of rotatable bonds is 3. The smallest absolute Gasteiger partial charge is 0.229 e. The van der Waals surface area contributed by atoms with E-state index in [0.29, 0.717) is 28.6 Å². The molecule has 0 radical (unpaired) electrons. The molecule has 31 heavy (non-hydrogen) atoms. The molecule has 4 aromatic rings. The van der Waals surface area contributed by atoms with Gasteiger partial charge in [-0.15, -0.1) is 0 Å². The summed E-state index contributed by atoms with van der Waals surface area (Å²) in [5.74, 6) is 1.13. The number of phenolic OH excluding ortho intramolecular Hbond substituents is 1. The van der Waals surface area contributed by atoms with Gasteiger partial charge < -0.3 is 20.6 Å². The fourth-order valence-electron chi connectivity index (χ4n) is 3.66. The molecule has 10 heteroatoms. The second-order valence-electron chi connectivity index (χ2n) is 7.20. The Kier molecular flexibility index (Phi) is 4.48. The molecule has 0 amide bonds. The first-order valence-electron chi connectivity index (χ1n) is 9.78. The van der Waals surface area contributed by atoms with Crippen LogP contribution in [-0.2, 0) is 0 Å². The van der Waals surface area contributed by atoms with Gasteiger partial charge >= 0.3 is 0 Å². The van der Waals surface area contributed by atoms with Gasteiger partial charge in [-0.3, -0.25) is 4.57 Å². The number of nitrogen functional groups attached to an aromatic ring is 1. The van der Waals surface area contributed by atoms with Gasteiger partial charge in [0, 0.05) is 31.9 Å². The quantitative estimate of drug-likeness (QED) is 0.515. The number of nitrogens with two attached hydrogens (primary N) is 1. The number of fused-ring (bicyclic) bond motifs is 1. The van der Waals surface area contributed by atoms with Crippen molar-refractivity contribution in [2.45, 2.75) is 0 Å². The van der Waals surface area contributed by atoms with Crippen LogP contribution in [0.25, 0.3) is 16.9 Å². The van der Waals surface area contributed by atoms with E-state index in [4.69, 9.17) is 16.0 Å². The lowest BCUT2D eigenvalue weighted by Crippen LogP contribution is -2.47. The maximum Gasteiger partial charge on any atom is 0.229 e. The summed E-state index contributed by atoms with van der Waals surface area (Å²) in [4.78, 5) is 22.0. The second kappa shape index (κ2) is 7.46. The Morgan fingerprint density at radius 3 is 2.29 bits per heavy atom. The van der Waals surface area contributed by atoms with E-state index in [9.17, 15) is 5.11 Å². The highest BCUT2D eigenvalue weighted by molar-refractivity contribution is 5.84. The number of anilines is 3. The van der Waals surface area contributed by atoms with Gasteiger partial charge in [-0.1, -0.05) is 0 Å². The summed E-state index contributed by atoms with van der Waals surface area (Å²) in [5.41, 5.74) is 9.45. The van der Waals surface area contributed by atoms with Crippen LogP contribution in [-0.4, -0.2) is 55.8 Å². The fraction of sp³-hybridized carbons (Fsp3) is 0.190. The first kappa shape index (κ1) is 18.6. The molecular formula is C21H19N9O. The Bertz CT molecular complexity index is 1270. The van der Waals surface area contributed by atoms with Crippen molar-refractivity contribution < 1.29 is 5.11 Å². The maximum absolute atomic E-state index is 9.49. The molecule has 5 rings (SSSR count). The summed E-state index contributed by atoms with van der Waals surface area (Å²) in [6.07, 6.45) is 3.24. The zero-order valence-electron chi connectivity index (χ0n) is 16.5. The molecule has 0 atom stereocenters. The minimum Gasteiger partial charge on any atom is -0.508 e. The first-order chi connectivity index (χ1) is 15.1. The van der Waals surface area contributed by atoms with Crippen molar-refractivity contribution in [2.75, 3.05) is 41.7 Å². The van der Waals surface area contributed by atoms with E-state index in [1.807, 2.05) is 18.2 Å². The number of aromatic hydroxyl groups is 1. The molecule has 3 N–H and O–H groups in total. The summed E-state index contributed by atoms with van der Waals surface area (Å²) < 4.78 is 1.79. The van der Waals surface area contributed by atoms with E-state index in [-0.39, 0.29) is 5.75 Å². The molecule has 1 aliphatic rings. The lowest BCUT2D eigenvalue weighted by Gasteiger charge is -2.36. The number of aromatic nitrogens is 5. The van der Waals surface area contributed by atoms with Crippen LogP contribution in [0.1, 0.15) is 5.69 Å². The highest BCUT2D eigenvalue weighted by Gasteiger charge is 2.22. The van der Waals surface area contributed by atoms with Gasteiger partial charge in [0.25, 0.3) is 0 Å². The van der Waals surface area contributed by atoms with E-state index in [1.54, 1.807) is 41.4 Å². The first-order valence-corrected chi connectivity index (χ1v) is 9.78. The normalized spacial score (nSPS) is 14.0. The van der Waals surface area contributed by atoms with E-state index >= 15 is 0 Å². The van der Waals surface area contributed by atoms with Gasteiger partial charge in [-0.05, 0) is 36.4 Å². The van der Waals surface area contributed by atoms with Crippen LogP contribution in [0.4, 0.5) is 17.5 Å². The zero-order valence-corrected chi connectivity index (χ0v) is 16.5. The van der Waals surface area contributed by atoms with Crippen molar-refractivity contribution in [2.24, 2.45) is 0 Å². The van der Waals surface area contributed by atoms with Crippen LogP contribution >= 0.6 is 0 Å². The molecule has 1 fully saturated rings. The topological polar surface area (TPSA) is 133 Å². The van der Waals surface area contributed by atoms with Crippen LogP contribution in [0.3, 0.4) is 0 Å². The van der Waals surface area contributed by atoms with Crippen molar-refractivity contribution in [3.05, 3.63) is 54.6 Å². The molecule has 0 unspecified atom stereocenters. The Morgan fingerprint density at radius 1 is 0.903 bits per heavy atom. The average molecular weight is 413 g/mol. The Labute approximate surface area is 177 Å². The Hall–Kier alpha value is -4.39. The lowest BCUT2D eigenvalue weighted by molar-refractivity contribution is 0.475. The number of hydrogen-bond donors (Lipinski definition) is 2. The minimum atomic E-state index is 0.258. The van der Waals surface area contributed by atoms with Gasteiger partial charge in [0.2, 0.25) is 5.95 Å². The molecule has 1 aliphatic heterocycles. The van der Waals surface area contributed by atoms with Crippen molar-refractivity contribution in [3.8, 4) is 17.5 Å². The van der Waals surface area contributed by atoms with Gasteiger partial charge in [-0.25, -0.2) is 9.97 Å². The number of nitrogens with zero attached hydrogens (tertiary/aromatic N) is 8. The molecule has 10 nitrogen and oxygen atoms in total. The van der Waals surface area contributed by atoms with Crippen LogP contribution in [0.2, 0.25) is 0 Å². The summed E-state index contributed by atoms with van der Waals surface area (Å²) in [6, 6.07) is 12.7. The number of benzene rings is 1. The number of hydrogen-bond acceptors (Lipinski definition) is 9. The van der Waals surface area contributed by atoms with Crippen molar-refractivity contribution in [3.63, 3.8) is 0 Å². The lowest BCUT2D eigenvalue weighted by atomic mass is 10.2. The number of piperazine rings is 1. The molecule has 0 saturated carbocycles. The largest absolute Gasteiger partial charge is 0.508 e. The van der Waals surface area contributed by atoms with E-state index in [0.717, 1.165) is 37.6 Å². The summed E-state index contributed by atoms with van der Waals surface area (Å²) >= 11 is 0. The molecule has 4 heterocycles. The zero-order chi connectivity index (χ0) is 21.4.